The van der Waals surface area contributed by atoms with Gasteiger partial charge in [0.1, 0.15) is 0 Å². The predicted octanol–water partition coefficient (Wildman–Crippen LogP) is 5.22. The van der Waals surface area contributed by atoms with Gasteiger partial charge in [0.25, 0.3) is 0 Å². The Bertz CT molecular complexity index is 542. The third-order valence-electron chi connectivity index (χ3n) is 4.46. The minimum Gasteiger partial charge on any atom is -0.361 e. The molecule has 0 bridgehead atoms. The Morgan fingerprint density at radius 1 is 1.00 bits per heavy atom. The molecule has 1 aliphatic rings. The first-order valence-electron chi connectivity index (χ1n) is 7.34. The molecule has 1 fully saturated rings. The summed E-state index contributed by atoms with van der Waals surface area (Å²) in [4.78, 5) is 3.50. The summed E-state index contributed by atoms with van der Waals surface area (Å²) in [6.07, 6.45) is 10.7. The van der Waals surface area contributed by atoms with Crippen LogP contribution in [0.5, 0.6) is 0 Å². The zero-order valence-corrected chi connectivity index (χ0v) is 11.6. The minimum absolute atomic E-state index is 0.780. The first kappa shape index (κ1) is 11.8. The van der Waals surface area contributed by atoms with E-state index in [1.807, 2.05) is 0 Å². The van der Waals surface area contributed by atoms with Crippen molar-refractivity contribution < 1.29 is 0 Å². The number of hydrogen-bond donors (Lipinski definition) is 1. The van der Waals surface area contributed by atoms with Crippen molar-refractivity contribution in [1.82, 2.24) is 4.98 Å². The standard InChI is InChI=1S/C17H23N/c1-12-9-13(2)17-15(10-12)16(11-18-17)14-7-5-3-4-6-8-14/h9-11,14,18H,3-8H2,1-2H3. The van der Waals surface area contributed by atoms with Gasteiger partial charge in [0.05, 0.1) is 0 Å². The summed E-state index contributed by atoms with van der Waals surface area (Å²) in [5.41, 5.74) is 5.68. The molecular weight excluding hydrogens is 218 g/mol. The number of rotatable bonds is 1. The molecule has 0 radical (unpaired) electrons. The summed E-state index contributed by atoms with van der Waals surface area (Å²) in [6.45, 7) is 4.42. The SMILES string of the molecule is Cc1cc(C)c2[nH]cc(C3CCCCCC3)c2c1. The van der Waals surface area contributed by atoms with Crippen molar-refractivity contribution >= 4 is 10.9 Å². The predicted molar refractivity (Wildman–Crippen MR) is 78.2 cm³/mol. The van der Waals surface area contributed by atoms with Gasteiger partial charge < -0.3 is 4.98 Å². The van der Waals surface area contributed by atoms with E-state index in [1.54, 1.807) is 5.56 Å². The molecule has 0 atom stereocenters. The summed E-state index contributed by atoms with van der Waals surface area (Å²) < 4.78 is 0. The number of nitrogens with one attached hydrogen (secondary N) is 1. The van der Waals surface area contributed by atoms with Gasteiger partial charge in [-0.3, -0.25) is 0 Å². The molecule has 0 unspecified atom stereocenters. The van der Waals surface area contributed by atoms with Gasteiger partial charge in [-0.05, 0) is 49.8 Å². The van der Waals surface area contributed by atoms with Crippen molar-refractivity contribution in [3.8, 4) is 0 Å². The van der Waals surface area contributed by atoms with Crippen LogP contribution in [0.15, 0.2) is 18.3 Å². The van der Waals surface area contributed by atoms with Crippen LogP contribution in [0.4, 0.5) is 0 Å². The zero-order chi connectivity index (χ0) is 12.5. The highest BCUT2D eigenvalue weighted by Crippen LogP contribution is 2.36. The van der Waals surface area contributed by atoms with E-state index >= 15 is 0 Å². The molecule has 0 spiro atoms. The summed E-state index contributed by atoms with van der Waals surface area (Å²) in [7, 11) is 0. The zero-order valence-electron chi connectivity index (χ0n) is 11.6. The molecule has 1 aromatic heterocycles. The number of fused-ring (bicyclic) bond motifs is 1. The summed E-state index contributed by atoms with van der Waals surface area (Å²) in [5, 5.41) is 1.47. The molecular formula is C17H23N. The highest BCUT2D eigenvalue weighted by Gasteiger charge is 2.18. The van der Waals surface area contributed by atoms with Crippen LogP contribution in [0.2, 0.25) is 0 Å². The van der Waals surface area contributed by atoms with Gasteiger partial charge in [-0.15, -0.1) is 0 Å². The maximum Gasteiger partial charge on any atom is 0.0486 e. The lowest BCUT2D eigenvalue weighted by molar-refractivity contribution is 0.596. The molecule has 18 heavy (non-hydrogen) atoms. The monoisotopic (exact) mass is 241 g/mol. The number of aromatic amines is 1. The normalized spacial score (nSPS) is 18.1. The quantitative estimate of drug-likeness (QED) is 0.659. The van der Waals surface area contributed by atoms with E-state index in [-0.39, 0.29) is 0 Å². The van der Waals surface area contributed by atoms with Crippen LogP contribution in [0, 0.1) is 13.8 Å². The minimum atomic E-state index is 0.780. The van der Waals surface area contributed by atoms with Crippen LogP contribution in [-0.2, 0) is 0 Å². The average molecular weight is 241 g/mol. The lowest BCUT2D eigenvalue weighted by atomic mass is 9.90. The van der Waals surface area contributed by atoms with E-state index in [0.717, 1.165) is 5.92 Å². The van der Waals surface area contributed by atoms with E-state index in [9.17, 15) is 0 Å². The molecule has 0 aliphatic heterocycles. The Labute approximate surface area is 110 Å². The van der Waals surface area contributed by atoms with E-state index in [2.05, 4.69) is 37.2 Å². The second kappa shape index (κ2) is 4.79. The smallest absolute Gasteiger partial charge is 0.0486 e. The fourth-order valence-corrected chi connectivity index (χ4v) is 3.54. The van der Waals surface area contributed by atoms with Gasteiger partial charge >= 0.3 is 0 Å². The second-order valence-corrected chi connectivity index (χ2v) is 5.94. The highest BCUT2D eigenvalue weighted by atomic mass is 14.7. The van der Waals surface area contributed by atoms with E-state index in [1.165, 1.54) is 60.6 Å². The van der Waals surface area contributed by atoms with Crippen molar-refractivity contribution in [3.63, 3.8) is 0 Å². The Balaban J connectivity index is 2.05. The molecule has 1 aromatic carbocycles. The Kier molecular flexibility index (Phi) is 3.15. The largest absolute Gasteiger partial charge is 0.361 e. The van der Waals surface area contributed by atoms with Crippen LogP contribution in [0.3, 0.4) is 0 Å². The van der Waals surface area contributed by atoms with Crippen LogP contribution >= 0.6 is 0 Å². The van der Waals surface area contributed by atoms with E-state index < -0.39 is 0 Å². The molecule has 0 saturated heterocycles. The van der Waals surface area contributed by atoms with E-state index in [4.69, 9.17) is 0 Å². The van der Waals surface area contributed by atoms with Crippen LogP contribution in [-0.4, -0.2) is 4.98 Å². The van der Waals surface area contributed by atoms with Gasteiger partial charge in [0, 0.05) is 17.1 Å². The van der Waals surface area contributed by atoms with E-state index in [0.29, 0.717) is 0 Å². The molecule has 1 N–H and O–H groups in total. The third-order valence-corrected chi connectivity index (χ3v) is 4.46. The Hall–Kier alpha value is -1.24. The van der Waals surface area contributed by atoms with Crippen molar-refractivity contribution in [2.45, 2.75) is 58.3 Å². The number of hydrogen-bond acceptors (Lipinski definition) is 0. The third kappa shape index (κ3) is 2.07. The Morgan fingerprint density at radius 2 is 1.72 bits per heavy atom. The van der Waals surface area contributed by atoms with Crippen LogP contribution in [0.25, 0.3) is 10.9 Å². The number of benzene rings is 1. The fourth-order valence-electron chi connectivity index (χ4n) is 3.54. The number of H-pyrrole nitrogens is 1. The van der Waals surface area contributed by atoms with Crippen molar-refractivity contribution in [2.24, 2.45) is 0 Å². The maximum atomic E-state index is 3.50. The average Bonchev–Trinajstić information content (AvgIpc) is 2.59. The van der Waals surface area contributed by atoms with Crippen LogP contribution < -0.4 is 0 Å². The first-order chi connectivity index (χ1) is 8.75. The topological polar surface area (TPSA) is 15.8 Å². The molecule has 1 heteroatoms. The molecule has 1 aliphatic carbocycles. The molecule has 1 saturated carbocycles. The fraction of sp³-hybridized carbons (Fsp3) is 0.529. The van der Waals surface area contributed by atoms with Gasteiger partial charge in [-0.25, -0.2) is 0 Å². The summed E-state index contributed by atoms with van der Waals surface area (Å²) in [6, 6.07) is 4.63. The highest BCUT2D eigenvalue weighted by molar-refractivity contribution is 5.87. The van der Waals surface area contributed by atoms with Crippen molar-refractivity contribution in [1.29, 1.82) is 0 Å². The van der Waals surface area contributed by atoms with Crippen molar-refractivity contribution in [2.75, 3.05) is 0 Å². The molecule has 96 valence electrons. The van der Waals surface area contributed by atoms with Gasteiger partial charge in [0.15, 0.2) is 0 Å². The first-order valence-corrected chi connectivity index (χ1v) is 7.34. The van der Waals surface area contributed by atoms with Crippen molar-refractivity contribution in [3.05, 3.63) is 35.0 Å². The maximum absolute atomic E-state index is 3.50. The second-order valence-electron chi connectivity index (χ2n) is 5.94. The number of aryl methyl sites for hydroxylation is 2. The summed E-state index contributed by atoms with van der Waals surface area (Å²) >= 11 is 0. The Morgan fingerprint density at radius 3 is 2.44 bits per heavy atom. The molecule has 3 rings (SSSR count). The number of aromatic nitrogens is 1. The molecule has 1 heterocycles. The molecule has 0 amide bonds. The lowest BCUT2D eigenvalue weighted by Gasteiger charge is -2.13. The summed E-state index contributed by atoms with van der Waals surface area (Å²) in [5.74, 6) is 0.780. The lowest BCUT2D eigenvalue weighted by Crippen LogP contribution is -1.96. The van der Waals surface area contributed by atoms with Gasteiger partial charge in [-0.1, -0.05) is 37.3 Å². The van der Waals surface area contributed by atoms with Gasteiger partial charge in [0.2, 0.25) is 0 Å². The molecule has 1 nitrogen and oxygen atoms in total. The van der Waals surface area contributed by atoms with Gasteiger partial charge in [-0.2, -0.15) is 0 Å². The van der Waals surface area contributed by atoms with Crippen LogP contribution in [0.1, 0.15) is 61.1 Å². The molecule has 2 aromatic rings.